The van der Waals surface area contributed by atoms with Crippen LogP contribution >= 0.6 is 11.3 Å². The molecule has 0 radical (unpaired) electrons. The van der Waals surface area contributed by atoms with Crippen molar-refractivity contribution in [1.29, 1.82) is 0 Å². The highest BCUT2D eigenvalue weighted by Gasteiger charge is 2.46. The number of nitrogens with one attached hydrogen (secondary N) is 2. The van der Waals surface area contributed by atoms with Gasteiger partial charge in [-0.3, -0.25) is 19.4 Å². The van der Waals surface area contributed by atoms with Crippen LogP contribution in [-0.2, 0) is 29.4 Å². The number of amides is 6. The Balaban J connectivity index is 1.39. The highest BCUT2D eigenvalue weighted by Crippen LogP contribution is 2.31. The molecule has 2 aliphatic heterocycles. The standard InChI is InChI=1S/C22H24N8O11S2/c1-22(2,18(35)36)41-26-15(12-9-42-19(23)25-12)16(33)24-11-8-29(17(11)34)20(37)27-43(39,40)30-6-5-28(21(30)38)10-3-4-13(31)14(32)7-10/h3-4,7,9,11,31-32H,5-6,8H2,1-2H3,(H2,23,25)(H,24,33)(H,27,37)(H,35,36)/t11-/m0/s1. The number of aromatic hydroxyl groups is 2. The Hall–Kier alpha value is -5.18. The van der Waals surface area contributed by atoms with E-state index >= 15 is 0 Å². The molecule has 0 spiro atoms. The van der Waals surface area contributed by atoms with Crippen LogP contribution in [0, 0.1) is 0 Å². The summed E-state index contributed by atoms with van der Waals surface area (Å²) in [5.41, 5.74) is 3.25. The molecule has 1 aromatic heterocycles. The zero-order valence-electron chi connectivity index (χ0n) is 22.2. The van der Waals surface area contributed by atoms with Gasteiger partial charge in [-0.25, -0.2) is 28.4 Å². The number of carbonyl (C=O) groups is 5. The van der Waals surface area contributed by atoms with Gasteiger partial charge in [0.2, 0.25) is 5.60 Å². The monoisotopic (exact) mass is 640 g/mol. The number of aromatic nitrogens is 1. The van der Waals surface area contributed by atoms with Crippen LogP contribution in [0.4, 0.5) is 20.4 Å². The molecule has 230 valence electrons. The number of anilines is 2. The number of hydrogen-bond donors (Lipinski definition) is 6. The van der Waals surface area contributed by atoms with Gasteiger partial charge in [-0.05, 0) is 26.0 Å². The van der Waals surface area contributed by atoms with Crippen molar-refractivity contribution >= 4 is 67.9 Å². The van der Waals surface area contributed by atoms with E-state index in [1.807, 2.05) is 0 Å². The number of aliphatic carboxylic acids is 1. The molecule has 4 rings (SSSR count). The number of carboxylic acids is 1. The molecule has 6 amide bonds. The summed E-state index contributed by atoms with van der Waals surface area (Å²) in [7, 11) is -4.78. The van der Waals surface area contributed by atoms with Crippen LogP contribution in [0.1, 0.15) is 19.5 Å². The van der Waals surface area contributed by atoms with Crippen LogP contribution in [-0.4, -0.2) is 105 Å². The Kier molecular flexibility index (Phi) is 8.05. The van der Waals surface area contributed by atoms with Crippen LogP contribution in [0.25, 0.3) is 0 Å². The summed E-state index contributed by atoms with van der Waals surface area (Å²) in [6, 6.07) is -0.334. The first-order chi connectivity index (χ1) is 20.0. The van der Waals surface area contributed by atoms with Crippen molar-refractivity contribution in [1.82, 2.24) is 24.2 Å². The Morgan fingerprint density at radius 3 is 2.47 bits per heavy atom. The third-order valence-electron chi connectivity index (χ3n) is 6.09. The molecule has 3 heterocycles. The second kappa shape index (κ2) is 11.2. The highest BCUT2D eigenvalue weighted by atomic mass is 32.2. The number of urea groups is 2. The largest absolute Gasteiger partial charge is 0.504 e. The normalized spacial score (nSPS) is 17.5. The van der Waals surface area contributed by atoms with Gasteiger partial charge in [0.15, 0.2) is 22.3 Å². The van der Waals surface area contributed by atoms with Gasteiger partial charge in [-0.1, -0.05) is 5.16 Å². The molecule has 2 saturated heterocycles. The number of nitrogens with zero attached hydrogens (tertiary/aromatic N) is 5. The molecule has 21 heteroatoms. The summed E-state index contributed by atoms with van der Waals surface area (Å²) >= 11 is 0.946. The fourth-order valence-corrected chi connectivity index (χ4v) is 5.24. The van der Waals surface area contributed by atoms with E-state index in [-0.39, 0.29) is 29.6 Å². The Labute approximate surface area is 246 Å². The lowest BCUT2D eigenvalue weighted by molar-refractivity contribution is -0.161. The molecule has 2 aromatic rings. The molecule has 2 fully saturated rings. The van der Waals surface area contributed by atoms with Crippen molar-refractivity contribution in [2.45, 2.75) is 25.5 Å². The zero-order chi connectivity index (χ0) is 31.9. The second-order valence-corrected chi connectivity index (χ2v) is 12.0. The van der Waals surface area contributed by atoms with E-state index in [0.717, 1.165) is 28.4 Å². The number of thiazole rings is 1. The third-order valence-corrected chi connectivity index (χ3v) is 8.11. The first kappa shape index (κ1) is 30.8. The zero-order valence-corrected chi connectivity index (χ0v) is 23.9. The molecule has 43 heavy (non-hydrogen) atoms. The van der Waals surface area contributed by atoms with Crippen LogP contribution in [0.15, 0.2) is 28.7 Å². The first-order valence-corrected chi connectivity index (χ1v) is 14.3. The summed E-state index contributed by atoms with van der Waals surface area (Å²) in [5, 5.41) is 35.6. The van der Waals surface area contributed by atoms with Gasteiger partial charge in [0, 0.05) is 23.7 Å². The maximum Gasteiger partial charge on any atom is 0.350 e. The minimum atomic E-state index is -4.78. The van der Waals surface area contributed by atoms with Gasteiger partial charge in [0.25, 0.3) is 11.8 Å². The number of β-lactam (4-membered cyclic amide) rings is 1. The number of nitrogen functional groups attached to an aromatic ring is 1. The fourth-order valence-electron chi connectivity index (χ4n) is 3.62. The SMILES string of the molecule is CC(C)(ON=C(C(=O)N[C@H]1CN(C(=O)NS(=O)(=O)N2CCN(c3ccc(O)c(O)c3)C2=O)C1=O)c1csc(N)n1)C(=O)O. The van der Waals surface area contributed by atoms with E-state index in [1.165, 1.54) is 25.3 Å². The molecule has 2 aliphatic rings. The van der Waals surface area contributed by atoms with Crippen molar-refractivity contribution in [3.63, 3.8) is 0 Å². The van der Waals surface area contributed by atoms with Gasteiger partial charge in [-0.2, -0.15) is 8.42 Å². The maximum atomic E-state index is 12.9. The van der Waals surface area contributed by atoms with Crippen molar-refractivity contribution in [2.75, 3.05) is 30.3 Å². The molecule has 7 N–H and O–H groups in total. The third kappa shape index (κ3) is 6.21. The van der Waals surface area contributed by atoms with Gasteiger partial charge < -0.3 is 31.2 Å². The van der Waals surface area contributed by atoms with Gasteiger partial charge in [0.1, 0.15) is 11.7 Å². The minimum Gasteiger partial charge on any atom is -0.504 e. The number of phenolic OH excluding ortho intramolecular Hbond substituents is 2. The molecule has 0 saturated carbocycles. The average Bonchev–Trinajstić information content (AvgIpc) is 3.53. The smallest absolute Gasteiger partial charge is 0.350 e. The lowest BCUT2D eigenvalue weighted by atomic mass is 10.1. The van der Waals surface area contributed by atoms with Crippen LogP contribution < -0.4 is 20.7 Å². The van der Waals surface area contributed by atoms with Crippen molar-refractivity contribution in [2.24, 2.45) is 5.16 Å². The summed E-state index contributed by atoms with van der Waals surface area (Å²) in [5.74, 6) is -4.40. The highest BCUT2D eigenvalue weighted by molar-refractivity contribution is 7.88. The predicted molar refractivity (Wildman–Crippen MR) is 146 cm³/mol. The molecule has 1 atom stereocenters. The summed E-state index contributed by atoms with van der Waals surface area (Å²) in [6.45, 7) is 1.37. The van der Waals surface area contributed by atoms with Gasteiger partial charge in [0.05, 0.1) is 13.1 Å². The summed E-state index contributed by atoms with van der Waals surface area (Å²) in [4.78, 5) is 72.5. The topological polar surface area (TPSA) is 274 Å². The van der Waals surface area contributed by atoms with Gasteiger partial charge in [-0.15, -0.1) is 11.3 Å². The van der Waals surface area contributed by atoms with E-state index in [4.69, 9.17) is 10.6 Å². The minimum absolute atomic E-state index is 0.0533. The fraction of sp³-hybridized carbons (Fsp3) is 0.318. The number of likely N-dealkylation sites (tertiary alicyclic amines) is 1. The number of rotatable bonds is 9. The number of phenols is 2. The van der Waals surface area contributed by atoms with E-state index in [0.29, 0.717) is 9.21 Å². The molecule has 0 bridgehead atoms. The number of carbonyl (C=O) groups excluding carboxylic acids is 4. The second-order valence-electron chi connectivity index (χ2n) is 9.48. The number of oxime groups is 1. The van der Waals surface area contributed by atoms with Crippen molar-refractivity contribution in [3.05, 3.63) is 29.3 Å². The van der Waals surface area contributed by atoms with Crippen LogP contribution in [0.3, 0.4) is 0 Å². The molecular formula is C22H24N8O11S2. The number of imide groups is 1. The van der Waals surface area contributed by atoms with E-state index < -0.39 is 75.5 Å². The van der Waals surface area contributed by atoms with E-state index in [1.54, 1.807) is 4.72 Å². The van der Waals surface area contributed by atoms with Crippen LogP contribution in [0.5, 0.6) is 11.5 Å². The Bertz CT molecular complexity index is 1660. The lowest BCUT2D eigenvalue weighted by Gasteiger charge is -2.36. The number of carboxylic acid groups (broad SMARTS) is 1. The quantitative estimate of drug-likeness (QED) is 0.0827. The molecule has 1 aromatic carbocycles. The van der Waals surface area contributed by atoms with Crippen molar-refractivity contribution in [3.8, 4) is 11.5 Å². The van der Waals surface area contributed by atoms with E-state index in [9.17, 15) is 47.7 Å². The number of nitrogens with two attached hydrogens (primary N) is 1. The molecule has 19 nitrogen and oxygen atoms in total. The molecule has 0 unspecified atom stereocenters. The van der Waals surface area contributed by atoms with Crippen LogP contribution in [0.2, 0.25) is 0 Å². The maximum absolute atomic E-state index is 12.9. The van der Waals surface area contributed by atoms with Crippen molar-refractivity contribution < 1.29 is 52.5 Å². The first-order valence-electron chi connectivity index (χ1n) is 12.0. The summed E-state index contributed by atoms with van der Waals surface area (Å²) in [6.07, 6.45) is 0. The Morgan fingerprint density at radius 2 is 1.88 bits per heavy atom. The van der Waals surface area contributed by atoms with E-state index in [2.05, 4.69) is 15.5 Å². The number of benzene rings is 1. The molecular weight excluding hydrogens is 616 g/mol. The van der Waals surface area contributed by atoms with Gasteiger partial charge >= 0.3 is 28.2 Å². The Morgan fingerprint density at radius 1 is 1.19 bits per heavy atom. The summed E-state index contributed by atoms with van der Waals surface area (Å²) < 4.78 is 27.5. The predicted octanol–water partition coefficient (Wildman–Crippen LogP) is -1.06. The lowest BCUT2D eigenvalue weighted by Crippen LogP contribution is -2.68. The number of hydrogen-bond acceptors (Lipinski definition) is 14. The molecule has 0 aliphatic carbocycles. The average molecular weight is 641 g/mol.